The highest BCUT2D eigenvalue weighted by atomic mass is 16.6. The Labute approximate surface area is 257 Å². The summed E-state index contributed by atoms with van der Waals surface area (Å²) in [6.07, 6.45) is 0.821. The van der Waals surface area contributed by atoms with Crippen LogP contribution in [-0.4, -0.2) is 65.5 Å². The molecule has 232 valence electrons. The molecule has 10 heteroatoms. The molecule has 10 nitrogen and oxygen atoms in total. The van der Waals surface area contributed by atoms with Crippen molar-refractivity contribution < 1.29 is 33.3 Å². The van der Waals surface area contributed by atoms with Crippen molar-refractivity contribution in [3.05, 3.63) is 67.3 Å². The van der Waals surface area contributed by atoms with Gasteiger partial charge in [0.25, 0.3) is 0 Å². The Morgan fingerprint density at radius 3 is 2.52 bits per heavy atom. The van der Waals surface area contributed by atoms with Gasteiger partial charge in [0.05, 0.1) is 30.8 Å². The number of amides is 2. The number of nitrogens with zero attached hydrogens (tertiary/aromatic N) is 2. The largest absolute Gasteiger partial charge is 0.497 e. The number of carbonyl (C=O) groups is 3. The molecule has 5 rings (SSSR count). The number of nitrogens with one attached hydrogen (secondary N) is 1. The molecule has 44 heavy (non-hydrogen) atoms. The summed E-state index contributed by atoms with van der Waals surface area (Å²) in [6.45, 7) is 11.1. The monoisotopic (exact) mass is 601 g/mol. The Balaban J connectivity index is 1.47. The second kappa shape index (κ2) is 12.2. The van der Waals surface area contributed by atoms with Crippen molar-refractivity contribution >= 4 is 28.9 Å². The van der Waals surface area contributed by atoms with E-state index in [0.717, 1.165) is 10.9 Å². The first-order valence-electron chi connectivity index (χ1n) is 14.8. The maximum absolute atomic E-state index is 13.6. The van der Waals surface area contributed by atoms with E-state index >= 15 is 0 Å². The predicted molar refractivity (Wildman–Crippen MR) is 165 cm³/mol. The summed E-state index contributed by atoms with van der Waals surface area (Å²) in [5, 5.41) is 3.64. The molecule has 1 aliphatic carbocycles. The van der Waals surface area contributed by atoms with E-state index < -0.39 is 35.3 Å². The van der Waals surface area contributed by atoms with Gasteiger partial charge in [-0.3, -0.25) is 9.69 Å². The zero-order valence-corrected chi connectivity index (χ0v) is 25.8. The van der Waals surface area contributed by atoms with Gasteiger partial charge in [-0.2, -0.15) is 0 Å². The number of methoxy groups -OCH3 is 1. The van der Waals surface area contributed by atoms with Crippen LogP contribution in [0.25, 0.3) is 22.2 Å². The normalized spacial score (nSPS) is 22.7. The third-order valence-electron chi connectivity index (χ3n) is 7.85. The molecule has 1 aromatic heterocycles. The number of fused-ring (bicyclic) bond motifs is 1. The van der Waals surface area contributed by atoms with E-state index in [-0.39, 0.29) is 31.4 Å². The summed E-state index contributed by atoms with van der Waals surface area (Å²) >= 11 is 0. The van der Waals surface area contributed by atoms with E-state index in [1.54, 1.807) is 40.9 Å². The maximum Gasteiger partial charge on any atom is 0.413 e. The molecule has 0 unspecified atom stereocenters. The molecule has 3 aromatic rings. The summed E-state index contributed by atoms with van der Waals surface area (Å²) in [5.41, 5.74) is 0.312. The Hall–Kier alpha value is -4.60. The van der Waals surface area contributed by atoms with Gasteiger partial charge in [-0.05, 0) is 46.2 Å². The number of hydrogen-bond acceptors (Lipinski definition) is 8. The molecule has 1 N–H and O–H groups in total. The van der Waals surface area contributed by atoms with Gasteiger partial charge in [-0.25, -0.2) is 14.6 Å². The average Bonchev–Trinajstić information content (AvgIpc) is 3.55. The lowest BCUT2D eigenvalue weighted by molar-refractivity contribution is -0.149. The quantitative estimate of drug-likeness (QED) is 0.253. The van der Waals surface area contributed by atoms with Crippen molar-refractivity contribution in [2.45, 2.75) is 57.9 Å². The summed E-state index contributed by atoms with van der Waals surface area (Å²) in [6, 6.07) is 17.0. The molecule has 0 spiro atoms. The molecule has 4 atom stereocenters. The number of carbonyl (C=O) groups excluding carboxylic acids is 3. The van der Waals surface area contributed by atoms with E-state index in [4.69, 9.17) is 23.9 Å². The lowest BCUT2D eigenvalue weighted by atomic mass is 10.1. The molecule has 2 heterocycles. The third-order valence-corrected chi connectivity index (χ3v) is 7.85. The van der Waals surface area contributed by atoms with Gasteiger partial charge in [0.15, 0.2) is 6.23 Å². The molecule has 0 radical (unpaired) electrons. The van der Waals surface area contributed by atoms with Crippen LogP contribution < -0.4 is 14.8 Å². The number of rotatable bonds is 9. The third kappa shape index (κ3) is 6.34. The van der Waals surface area contributed by atoms with Gasteiger partial charge < -0.3 is 24.3 Å². The minimum Gasteiger partial charge on any atom is -0.497 e. The van der Waals surface area contributed by atoms with Crippen molar-refractivity contribution in [2.24, 2.45) is 11.8 Å². The number of ether oxygens (including phenoxy) is 4. The van der Waals surface area contributed by atoms with Gasteiger partial charge >= 0.3 is 12.1 Å². The van der Waals surface area contributed by atoms with Gasteiger partial charge in [0.1, 0.15) is 22.6 Å². The minimum absolute atomic E-state index is 0.0471. The van der Waals surface area contributed by atoms with Crippen LogP contribution in [0.15, 0.2) is 67.3 Å². The summed E-state index contributed by atoms with van der Waals surface area (Å²) in [7, 11) is 1.59. The standard InChI is InChI=1S/C34H39N3O7/c1-7-23-19-34(23,31(39)42-8-2)36-30(38)22-16-29(37(20-22)32(40)44-33(3,4)5)43-28-18-26(21-12-10-9-11-13-21)35-27-17-24(41-6)14-15-25(27)28/h7,9-15,17-18,22-23,29H,1,8,16,19-20H2,2-6H3,(H,36,38)/t22-,23+,29+,34+/m1/s1. The zero-order chi connectivity index (χ0) is 31.6. The van der Waals surface area contributed by atoms with Crippen LogP contribution in [0.2, 0.25) is 0 Å². The molecule has 2 aromatic carbocycles. The molecule has 1 saturated carbocycles. The van der Waals surface area contributed by atoms with E-state index in [2.05, 4.69) is 11.9 Å². The summed E-state index contributed by atoms with van der Waals surface area (Å²) in [4.78, 5) is 46.1. The Kier molecular flexibility index (Phi) is 8.54. The number of esters is 1. The topological polar surface area (TPSA) is 116 Å². The van der Waals surface area contributed by atoms with Crippen LogP contribution in [-0.2, 0) is 19.1 Å². The van der Waals surface area contributed by atoms with Crippen molar-refractivity contribution in [2.75, 3.05) is 20.3 Å². The van der Waals surface area contributed by atoms with Crippen LogP contribution >= 0.6 is 0 Å². The summed E-state index contributed by atoms with van der Waals surface area (Å²) < 4.78 is 23.0. The van der Waals surface area contributed by atoms with E-state index in [1.165, 1.54) is 4.90 Å². The fourth-order valence-corrected chi connectivity index (χ4v) is 5.50. The van der Waals surface area contributed by atoms with Gasteiger partial charge in [0, 0.05) is 42.0 Å². The molecule has 2 amide bonds. The molecule has 1 saturated heterocycles. The maximum atomic E-state index is 13.6. The second-order valence-electron chi connectivity index (χ2n) is 12.1. The lowest BCUT2D eigenvalue weighted by Gasteiger charge is -2.29. The summed E-state index contributed by atoms with van der Waals surface area (Å²) in [5.74, 6) is -0.601. The van der Waals surface area contributed by atoms with Crippen LogP contribution in [0.3, 0.4) is 0 Å². The number of pyridine rings is 1. The fraction of sp³-hybridized carbons (Fsp3) is 0.412. The first kappa shape index (κ1) is 30.8. The fourth-order valence-electron chi connectivity index (χ4n) is 5.50. The highest BCUT2D eigenvalue weighted by molar-refractivity contribution is 5.93. The first-order valence-corrected chi connectivity index (χ1v) is 14.8. The number of aromatic nitrogens is 1. The molecular formula is C34H39N3O7. The van der Waals surface area contributed by atoms with Gasteiger partial charge in [-0.15, -0.1) is 6.58 Å². The van der Waals surface area contributed by atoms with Crippen LogP contribution in [0.5, 0.6) is 11.5 Å². The molecule has 0 bridgehead atoms. The van der Waals surface area contributed by atoms with Crippen molar-refractivity contribution in [1.82, 2.24) is 15.2 Å². The number of likely N-dealkylation sites (tertiary alicyclic amines) is 1. The van der Waals surface area contributed by atoms with Gasteiger partial charge in [-0.1, -0.05) is 36.4 Å². The van der Waals surface area contributed by atoms with E-state index in [0.29, 0.717) is 29.1 Å². The first-order chi connectivity index (χ1) is 21.0. The van der Waals surface area contributed by atoms with Crippen molar-refractivity contribution in [3.8, 4) is 22.8 Å². The molecule has 2 aliphatic rings. The van der Waals surface area contributed by atoms with Crippen LogP contribution in [0.1, 0.15) is 40.5 Å². The van der Waals surface area contributed by atoms with Crippen LogP contribution in [0.4, 0.5) is 4.79 Å². The SMILES string of the molecule is C=C[C@H]1C[C@@]1(NC(=O)[C@@H]1C[C@H](Oc2cc(-c3ccccc3)nc3cc(OC)ccc23)N(C(=O)OC(C)(C)C)C1)C(=O)OCC. The molecule has 2 fully saturated rings. The van der Waals surface area contributed by atoms with Crippen molar-refractivity contribution in [3.63, 3.8) is 0 Å². The smallest absolute Gasteiger partial charge is 0.413 e. The zero-order valence-electron chi connectivity index (χ0n) is 25.8. The number of benzene rings is 2. The van der Waals surface area contributed by atoms with Crippen LogP contribution in [0, 0.1) is 11.8 Å². The lowest BCUT2D eigenvalue weighted by Crippen LogP contribution is -2.48. The Morgan fingerprint density at radius 1 is 1.14 bits per heavy atom. The van der Waals surface area contributed by atoms with E-state index in [9.17, 15) is 14.4 Å². The van der Waals surface area contributed by atoms with Gasteiger partial charge in [0.2, 0.25) is 5.91 Å². The number of hydrogen-bond donors (Lipinski definition) is 1. The van der Waals surface area contributed by atoms with Crippen molar-refractivity contribution in [1.29, 1.82) is 0 Å². The highest BCUT2D eigenvalue weighted by Gasteiger charge is 2.61. The Bertz CT molecular complexity index is 1570. The second-order valence-corrected chi connectivity index (χ2v) is 12.1. The van der Waals surface area contributed by atoms with E-state index in [1.807, 2.05) is 54.6 Å². The molecular weight excluding hydrogens is 562 g/mol. The Morgan fingerprint density at radius 2 is 1.89 bits per heavy atom. The predicted octanol–water partition coefficient (Wildman–Crippen LogP) is 5.50. The highest BCUT2D eigenvalue weighted by Crippen LogP contribution is 2.46. The minimum atomic E-state index is -1.14. The average molecular weight is 602 g/mol. The molecule has 1 aliphatic heterocycles.